The first-order valence-electron chi connectivity index (χ1n) is 15.7. The van der Waals surface area contributed by atoms with Gasteiger partial charge >= 0.3 is 0 Å². The van der Waals surface area contributed by atoms with Crippen molar-refractivity contribution in [2.75, 3.05) is 0 Å². The maximum Gasteiger partial charge on any atom is 0.184 e. The van der Waals surface area contributed by atoms with Gasteiger partial charge in [0, 0.05) is 39.6 Å². The SMILES string of the molecule is CC(C)(c1ccc(OCc2ccnc(CNS(=O)[O-])n2)cc1)c1ccc(OC(c2ccccc2)(c2ccccc2)c2ccccc2)cc1. The first-order valence-corrected chi connectivity index (χ1v) is 16.7. The summed E-state index contributed by atoms with van der Waals surface area (Å²) in [5, 5.41) is 0. The summed E-state index contributed by atoms with van der Waals surface area (Å²) in [4.78, 5) is 8.44. The zero-order valence-corrected chi connectivity index (χ0v) is 27.6. The maximum absolute atomic E-state index is 10.8. The number of ether oxygens (including phenoxy) is 2. The molecule has 5 aromatic carbocycles. The molecular weight excluding hydrogens is 619 g/mol. The van der Waals surface area contributed by atoms with Crippen molar-refractivity contribution in [2.24, 2.45) is 0 Å². The molecule has 242 valence electrons. The van der Waals surface area contributed by atoms with Gasteiger partial charge in [0.2, 0.25) is 0 Å². The summed E-state index contributed by atoms with van der Waals surface area (Å²) in [6, 6.07) is 49.3. The molecule has 7 nitrogen and oxygen atoms in total. The van der Waals surface area contributed by atoms with Crippen molar-refractivity contribution in [3.63, 3.8) is 0 Å². The van der Waals surface area contributed by atoms with Crippen LogP contribution in [0.5, 0.6) is 11.5 Å². The third-order valence-electron chi connectivity index (χ3n) is 8.46. The molecule has 6 rings (SSSR count). The molecule has 0 bridgehead atoms. The van der Waals surface area contributed by atoms with Crippen molar-refractivity contribution in [3.05, 3.63) is 191 Å². The summed E-state index contributed by atoms with van der Waals surface area (Å²) in [5.41, 5.74) is 4.93. The van der Waals surface area contributed by atoms with Crippen LogP contribution in [0.25, 0.3) is 0 Å². The number of benzene rings is 5. The van der Waals surface area contributed by atoms with Crippen LogP contribution in [0.1, 0.15) is 53.2 Å². The lowest BCUT2D eigenvalue weighted by Gasteiger charge is -2.36. The van der Waals surface area contributed by atoms with Crippen molar-refractivity contribution in [2.45, 2.75) is 38.0 Å². The highest BCUT2D eigenvalue weighted by atomic mass is 32.2. The molecule has 0 saturated carbocycles. The number of rotatable bonds is 13. The first kappa shape index (κ1) is 32.8. The van der Waals surface area contributed by atoms with Gasteiger partial charge in [0.05, 0.1) is 12.2 Å². The van der Waals surface area contributed by atoms with Gasteiger partial charge in [-0.3, -0.25) is 4.21 Å². The van der Waals surface area contributed by atoms with E-state index < -0.39 is 16.9 Å². The quantitative estimate of drug-likeness (QED) is 0.102. The fourth-order valence-electron chi connectivity index (χ4n) is 5.83. The molecule has 1 aromatic heterocycles. The van der Waals surface area contributed by atoms with E-state index in [-0.39, 0.29) is 18.6 Å². The summed E-state index contributed by atoms with van der Waals surface area (Å²) in [6.07, 6.45) is 1.59. The van der Waals surface area contributed by atoms with E-state index in [1.54, 1.807) is 12.3 Å². The molecule has 0 aliphatic heterocycles. The molecule has 0 aliphatic carbocycles. The minimum absolute atomic E-state index is 0.0226. The number of hydrogen-bond acceptors (Lipinski definition) is 6. The molecule has 1 unspecified atom stereocenters. The fraction of sp³-hybridized carbons (Fsp3) is 0.150. The number of nitrogens with one attached hydrogen (secondary N) is 1. The Morgan fingerprint density at radius 2 is 1.12 bits per heavy atom. The number of hydrogen-bond donors (Lipinski definition) is 1. The van der Waals surface area contributed by atoms with Crippen LogP contribution in [-0.2, 0) is 35.4 Å². The van der Waals surface area contributed by atoms with Gasteiger partial charge in [-0.2, -0.15) is 0 Å². The van der Waals surface area contributed by atoms with Crippen LogP contribution in [0.3, 0.4) is 0 Å². The summed E-state index contributed by atoms with van der Waals surface area (Å²) < 4.78 is 36.9. The van der Waals surface area contributed by atoms with Gasteiger partial charge in [0.25, 0.3) is 0 Å². The molecule has 1 N–H and O–H groups in total. The largest absolute Gasteiger partial charge is 0.760 e. The average molecular weight is 655 g/mol. The van der Waals surface area contributed by atoms with Crippen molar-refractivity contribution >= 4 is 11.3 Å². The molecule has 1 heterocycles. The van der Waals surface area contributed by atoms with Crippen molar-refractivity contribution in [1.29, 1.82) is 0 Å². The molecule has 0 saturated heterocycles. The van der Waals surface area contributed by atoms with Crippen molar-refractivity contribution in [1.82, 2.24) is 14.7 Å². The zero-order chi connectivity index (χ0) is 33.4. The van der Waals surface area contributed by atoms with E-state index >= 15 is 0 Å². The highest BCUT2D eigenvalue weighted by Gasteiger charge is 2.39. The Morgan fingerprint density at radius 1 is 0.646 bits per heavy atom. The molecule has 1 atom stereocenters. The summed E-state index contributed by atoms with van der Waals surface area (Å²) in [5.74, 6) is 1.84. The van der Waals surface area contributed by atoms with E-state index in [0.717, 1.165) is 33.6 Å². The molecule has 0 radical (unpaired) electrons. The van der Waals surface area contributed by atoms with E-state index in [1.165, 1.54) is 0 Å². The van der Waals surface area contributed by atoms with Crippen molar-refractivity contribution < 1.29 is 18.2 Å². The monoisotopic (exact) mass is 654 g/mol. The summed E-state index contributed by atoms with van der Waals surface area (Å²) in [6.45, 7) is 4.66. The molecule has 6 aromatic rings. The maximum atomic E-state index is 10.8. The van der Waals surface area contributed by atoms with E-state index in [4.69, 9.17) is 9.47 Å². The lowest BCUT2D eigenvalue weighted by molar-refractivity contribution is 0.155. The second-order valence-electron chi connectivity index (χ2n) is 11.9. The van der Waals surface area contributed by atoms with Crippen LogP contribution in [-0.4, -0.2) is 18.7 Å². The molecule has 48 heavy (non-hydrogen) atoms. The van der Waals surface area contributed by atoms with Gasteiger partial charge in [0.15, 0.2) is 5.60 Å². The minimum atomic E-state index is -2.38. The van der Waals surface area contributed by atoms with Gasteiger partial charge in [-0.1, -0.05) is 129 Å². The average Bonchev–Trinajstić information content (AvgIpc) is 3.14. The minimum Gasteiger partial charge on any atom is -0.760 e. The Morgan fingerprint density at radius 3 is 1.60 bits per heavy atom. The van der Waals surface area contributed by atoms with E-state index in [1.807, 2.05) is 30.3 Å². The predicted octanol–water partition coefficient (Wildman–Crippen LogP) is 7.64. The molecule has 0 amide bonds. The topological polar surface area (TPSA) is 96.4 Å². The van der Waals surface area contributed by atoms with Crippen LogP contribution in [0.15, 0.2) is 152 Å². The Balaban J connectivity index is 1.21. The fourth-order valence-corrected chi connectivity index (χ4v) is 6.08. The van der Waals surface area contributed by atoms with Gasteiger partial charge in [-0.15, -0.1) is 0 Å². The van der Waals surface area contributed by atoms with Gasteiger partial charge in [-0.25, -0.2) is 14.7 Å². The van der Waals surface area contributed by atoms with E-state index in [2.05, 4.69) is 138 Å². The predicted molar refractivity (Wildman–Crippen MR) is 187 cm³/mol. The van der Waals surface area contributed by atoms with E-state index in [0.29, 0.717) is 17.3 Å². The van der Waals surface area contributed by atoms with Crippen LogP contribution in [0, 0.1) is 0 Å². The molecular formula is C40H36N3O4S-. The summed E-state index contributed by atoms with van der Waals surface area (Å²) >= 11 is -2.38. The normalized spacial score (nSPS) is 12.3. The third-order valence-corrected chi connectivity index (χ3v) is 8.84. The molecule has 0 spiro atoms. The standard InChI is InChI=1S/C40H37N3O4S/c1-39(2,30-18-22-36(23-19-30)46-29-35-26-27-41-38(43-35)28-42-48(44)45)31-20-24-37(25-21-31)47-40(32-12-6-3-7-13-32,33-14-8-4-9-15-33)34-16-10-5-11-17-34/h3-27,42H,28-29H2,1-2H3,(H,44,45)/p-1. The van der Waals surface area contributed by atoms with Gasteiger partial charge < -0.3 is 14.0 Å². The Hall–Kier alpha value is -5.15. The lowest BCUT2D eigenvalue weighted by Crippen LogP contribution is -2.36. The third kappa shape index (κ3) is 7.37. The Labute approximate surface area is 284 Å². The Kier molecular flexibility index (Phi) is 10.1. The smallest absolute Gasteiger partial charge is 0.184 e. The van der Waals surface area contributed by atoms with Gasteiger partial charge in [-0.05, 0) is 41.5 Å². The second-order valence-corrected chi connectivity index (χ2v) is 12.6. The second kappa shape index (κ2) is 14.7. The van der Waals surface area contributed by atoms with Crippen LogP contribution in [0.2, 0.25) is 0 Å². The molecule has 0 fully saturated rings. The van der Waals surface area contributed by atoms with E-state index in [9.17, 15) is 8.76 Å². The Bertz CT molecular complexity index is 1840. The van der Waals surface area contributed by atoms with Crippen molar-refractivity contribution in [3.8, 4) is 11.5 Å². The number of aromatic nitrogens is 2. The molecule has 8 heteroatoms. The van der Waals surface area contributed by atoms with Gasteiger partial charge in [0.1, 0.15) is 23.9 Å². The molecule has 0 aliphatic rings. The highest BCUT2D eigenvalue weighted by Crippen LogP contribution is 2.42. The first-order chi connectivity index (χ1) is 23.3. The highest BCUT2D eigenvalue weighted by molar-refractivity contribution is 7.77. The lowest BCUT2D eigenvalue weighted by atomic mass is 9.78. The van der Waals surface area contributed by atoms with Crippen LogP contribution < -0.4 is 14.2 Å². The summed E-state index contributed by atoms with van der Waals surface area (Å²) in [7, 11) is 0. The van der Waals surface area contributed by atoms with Crippen LogP contribution in [0.4, 0.5) is 0 Å². The zero-order valence-electron chi connectivity index (χ0n) is 26.8. The number of nitrogens with zero attached hydrogens (tertiary/aromatic N) is 2. The van der Waals surface area contributed by atoms with Crippen LogP contribution >= 0.6 is 0 Å².